The molecule has 0 aliphatic heterocycles. The van der Waals surface area contributed by atoms with Crippen molar-refractivity contribution >= 4 is 22.3 Å². The predicted octanol–water partition coefficient (Wildman–Crippen LogP) is 2.94. The van der Waals surface area contributed by atoms with Gasteiger partial charge in [0.05, 0.1) is 10.6 Å². The minimum atomic E-state index is 0.615. The number of aryl methyl sites for hydroxylation is 1. The van der Waals surface area contributed by atoms with Crippen molar-refractivity contribution in [2.24, 2.45) is 0 Å². The van der Waals surface area contributed by atoms with E-state index in [-0.39, 0.29) is 0 Å². The van der Waals surface area contributed by atoms with Crippen molar-refractivity contribution < 1.29 is 0 Å². The van der Waals surface area contributed by atoms with E-state index >= 15 is 0 Å². The molecule has 0 radical (unpaired) electrons. The third-order valence-corrected chi connectivity index (χ3v) is 3.94. The van der Waals surface area contributed by atoms with E-state index in [9.17, 15) is 0 Å². The van der Waals surface area contributed by atoms with Gasteiger partial charge in [-0.1, -0.05) is 11.3 Å². The first-order chi connectivity index (χ1) is 8.65. The normalized spacial score (nSPS) is 10.6. The molecule has 0 fully saturated rings. The number of nitrogens with zero attached hydrogens (tertiary/aromatic N) is 3. The molecule has 2 rings (SSSR count). The van der Waals surface area contributed by atoms with Crippen LogP contribution < -0.4 is 10.6 Å². The van der Waals surface area contributed by atoms with E-state index in [4.69, 9.17) is 5.73 Å². The van der Waals surface area contributed by atoms with E-state index in [0.29, 0.717) is 5.13 Å². The average molecular weight is 262 g/mol. The van der Waals surface area contributed by atoms with Crippen LogP contribution in [0, 0.1) is 6.92 Å². The summed E-state index contributed by atoms with van der Waals surface area (Å²) in [6.07, 6.45) is 1.85. The van der Waals surface area contributed by atoms with Crippen molar-refractivity contribution in [2.75, 3.05) is 23.7 Å². The third kappa shape index (κ3) is 2.46. The summed E-state index contributed by atoms with van der Waals surface area (Å²) in [7, 11) is 0. The number of thiazole rings is 1. The molecule has 0 saturated heterocycles. The Morgan fingerprint density at radius 3 is 2.61 bits per heavy atom. The average Bonchev–Trinajstić information content (AvgIpc) is 2.70. The smallest absolute Gasteiger partial charge is 0.180 e. The Kier molecular flexibility index (Phi) is 3.81. The minimum Gasteiger partial charge on any atom is -0.375 e. The molecule has 0 amide bonds. The Balaban J connectivity index is 2.41. The minimum absolute atomic E-state index is 0.615. The van der Waals surface area contributed by atoms with E-state index in [2.05, 4.69) is 34.8 Å². The van der Waals surface area contributed by atoms with Gasteiger partial charge < -0.3 is 10.6 Å². The number of nitrogens with two attached hydrogens (primary N) is 1. The van der Waals surface area contributed by atoms with Crippen molar-refractivity contribution in [2.45, 2.75) is 20.8 Å². The molecular weight excluding hydrogens is 244 g/mol. The summed E-state index contributed by atoms with van der Waals surface area (Å²) < 4.78 is 0. The molecule has 0 aliphatic rings. The number of anilines is 2. The number of nitrogen functional groups attached to an aromatic ring is 1. The van der Waals surface area contributed by atoms with Crippen molar-refractivity contribution in [3.8, 4) is 10.4 Å². The van der Waals surface area contributed by atoms with Crippen LogP contribution in [0.5, 0.6) is 0 Å². The SMILES string of the molecule is CCN(CC)c1cc(-c2sc(N)nc2C)ccn1. The standard InChI is InChI=1S/C13H18N4S/c1-4-17(5-2)11-8-10(6-7-15-11)12-9(3)16-13(14)18-12/h6-8H,4-5H2,1-3H3,(H2,14,16). The number of rotatable bonds is 4. The van der Waals surface area contributed by atoms with Gasteiger partial charge in [-0.05, 0) is 38.5 Å². The Bertz CT molecular complexity index is 532. The van der Waals surface area contributed by atoms with Gasteiger partial charge in [-0.25, -0.2) is 9.97 Å². The van der Waals surface area contributed by atoms with E-state index in [1.165, 1.54) is 11.3 Å². The van der Waals surface area contributed by atoms with Crippen LogP contribution in [-0.4, -0.2) is 23.1 Å². The maximum absolute atomic E-state index is 5.75. The van der Waals surface area contributed by atoms with Gasteiger partial charge >= 0.3 is 0 Å². The first-order valence-electron chi connectivity index (χ1n) is 6.10. The van der Waals surface area contributed by atoms with E-state index in [1.807, 2.05) is 19.2 Å². The van der Waals surface area contributed by atoms with Gasteiger partial charge in [-0.3, -0.25) is 0 Å². The van der Waals surface area contributed by atoms with Crippen LogP contribution in [0.15, 0.2) is 18.3 Å². The Hall–Kier alpha value is -1.62. The molecule has 2 aromatic rings. The monoisotopic (exact) mass is 262 g/mol. The summed E-state index contributed by atoms with van der Waals surface area (Å²) in [6, 6.07) is 4.11. The second kappa shape index (κ2) is 5.35. The highest BCUT2D eigenvalue weighted by Gasteiger charge is 2.10. The zero-order chi connectivity index (χ0) is 13.1. The molecule has 18 heavy (non-hydrogen) atoms. The zero-order valence-corrected chi connectivity index (χ0v) is 11.8. The van der Waals surface area contributed by atoms with E-state index < -0.39 is 0 Å². The van der Waals surface area contributed by atoms with Gasteiger partial charge in [-0.2, -0.15) is 0 Å². The van der Waals surface area contributed by atoms with Crippen LogP contribution in [-0.2, 0) is 0 Å². The lowest BCUT2D eigenvalue weighted by Crippen LogP contribution is -2.22. The molecule has 5 heteroatoms. The maximum Gasteiger partial charge on any atom is 0.180 e. The fourth-order valence-electron chi connectivity index (χ4n) is 1.97. The highest BCUT2D eigenvalue weighted by atomic mass is 32.1. The Labute approximate surface area is 111 Å². The summed E-state index contributed by atoms with van der Waals surface area (Å²) in [4.78, 5) is 12.0. The van der Waals surface area contributed by atoms with Gasteiger partial charge in [0.1, 0.15) is 5.82 Å². The van der Waals surface area contributed by atoms with Gasteiger partial charge in [0.2, 0.25) is 0 Å². The summed E-state index contributed by atoms with van der Waals surface area (Å²) in [6.45, 7) is 8.16. The van der Waals surface area contributed by atoms with Gasteiger partial charge in [0.15, 0.2) is 5.13 Å². The van der Waals surface area contributed by atoms with Crippen LogP contribution in [0.1, 0.15) is 19.5 Å². The van der Waals surface area contributed by atoms with E-state index in [0.717, 1.165) is 35.0 Å². The molecule has 2 heterocycles. The summed E-state index contributed by atoms with van der Waals surface area (Å²) >= 11 is 1.52. The predicted molar refractivity (Wildman–Crippen MR) is 78.1 cm³/mol. The molecule has 4 nitrogen and oxygen atoms in total. The topological polar surface area (TPSA) is 55.0 Å². The molecule has 0 unspecified atom stereocenters. The molecule has 0 aromatic carbocycles. The molecule has 0 aliphatic carbocycles. The fraction of sp³-hybridized carbons (Fsp3) is 0.385. The molecule has 0 bridgehead atoms. The van der Waals surface area contributed by atoms with Crippen molar-refractivity contribution in [3.63, 3.8) is 0 Å². The number of aromatic nitrogens is 2. The molecule has 96 valence electrons. The molecular formula is C13H18N4S. The maximum atomic E-state index is 5.75. The number of hydrogen-bond donors (Lipinski definition) is 1. The first kappa shape index (κ1) is 12.8. The second-order valence-corrected chi connectivity index (χ2v) is 5.07. The number of pyridine rings is 1. The fourth-order valence-corrected chi connectivity index (χ4v) is 2.80. The summed E-state index contributed by atoms with van der Waals surface area (Å²) in [5.41, 5.74) is 7.87. The Morgan fingerprint density at radius 1 is 1.33 bits per heavy atom. The largest absolute Gasteiger partial charge is 0.375 e. The van der Waals surface area contributed by atoms with Crippen LogP contribution >= 0.6 is 11.3 Å². The van der Waals surface area contributed by atoms with Gasteiger partial charge in [-0.15, -0.1) is 0 Å². The van der Waals surface area contributed by atoms with E-state index in [1.54, 1.807) is 0 Å². The van der Waals surface area contributed by atoms with Gasteiger partial charge in [0, 0.05) is 19.3 Å². The molecule has 0 atom stereocenters. The van der Waals surface area contributed by atoms with Crippen molar-refractivity contribution in [1.29, 1.82) is 0 Å². The lowest BCUT2D eigenvalue weighted by atomic mass is 10.2. The first-order valence-corrected chi connectivity index (χ1v) is 6.91. The Morgan fingerprint density at radius 2 is 2.06 bits per heavy atom. The van der Waals surface area contributed by atoms with Crippen molar-refractivity contribution in [1.82, 2.24) is 9.97 Å². The van der Waals surface area contributed by atoms with Crippen LogP contribution in [0.2, 0.25) is 0 Å². The summed E-state index contributed by atoms with van der Waals surface area (Å²) in [5.74, 6) is 1.00. The number of hydrogen-bond acceptors (Lipinski definition) is 5. The molecule has 2 aromatic heterocycles. The lowest BCUT2D eigenvalue weighted by molar-refractivity contribution is 0.846. The van der Waals surface area contributed by atoms with Crippen LogP contribution in [0.4, 0.5) is 10.9 Å². The van der Waals surface area contributed by atoms with Crippen LogP contribution in [0.25, 0.3) is 10.4 Å². The highest BCUT2D eigenvalue weighted by molar-refractivity contribution is 7.18. The quantitative estimate of drug-likeness (QED) is 0.920. The third-order valence-electron chi connectivity index (χ3n) is 2.91. The molecule has 0 saturated carbocycles. The molecule has 2 N–H and O–H groups in total. The molecule has 0 spiro atoms. The van der Waals surface area contributed by atoms with Gasteiger partial charge in [0.25, 0.3) is 0 Å². The summed E-state index contributed by atoms with van der Waals surface area (Å²) in [5, 5.41) is 0.615. The van der Waals surface area contributed by atoms with Crippen molar-refractivity contribution in [3.05, 3.63) is 24.0 Å². The lowest BCUT2D eigenvalue weighted by Gasteiger charge is -2.19. The zero-order valence-electron chi connectivity index (χ0n) is 11.0. The second-order valence-electron chi connectivity index (χ2n) is 4.04. The highest BCUT2D eigenvalue weighted by Crippen LogP contribution is 2.32. The van der Waals surface area contributed by atoms with Crippen LogP contribution in [0.3, 0.4) is 0 Å².